The van der Waals surface area contributed by atoms with Crippen LogP contribution in [0.2, 0.25) is 5.02 Å². The van der Waals surface area contributed by atoms with Crippen LogP contribution in [0.5, 0.6) is 11.5 Å². The summed E-state index contributed by atoms with van der Waals surface area (Å²) < 4.78 is 33.2. The van der Waals surface area contributed by atoms with Crippen molar-refractivity contribution in [1.82, 2.24) is 0 Å². The Hall–Kier alpha value is -1.17. The first-order valence-electron chi connectivity index (χ1n) is 5.23. The first-order valence-corrected chi connectivity index (χ1v) is 6.40. The van der Waals surface area contributed by atoms with Crippen molar-refractivity contribution >= 4 is 27.5 Å². The maximum atomic E-state index is 13.7. The molecule has 100 valence electrons. The normalized spacial score (nSPS) is 10.6. The molecular formula is C13H8BrClF2O2. The molecule has 0 radical (unpaired) electrons. The van der Waals surface area contributed by atoms with E-state index in [9.17, 15) is 8.78 Å². The van der Waals surface area contributed by atoms with E-state index >= 15 is 0 Å². The molecule has 2 nitrogen and oxygen atoms in total. The molecule has 0 unspecified atom stereocenters. The van der Waals surface area contributed by atoms with Crippen molar-refractivity contribution in [2.24, 2.45) is 0 Å². The maximum absolute atomic E-state index is 13.7. The zero-order valence-electron chi connectivity index (χ0n) is 9.46. The summed E-state index contributed by atoms with van der Waals surface area (Å²) in [6, 6.07) is 6.73. The van der Waals surface area contributed by atoms with Crippen LogP contribution in [0.25, 0.3) is 0 Å². The zero-order chi connectivity index (χ0) is 14.0. The van der Waals surface area contributed by atoms with Crippen LogP contribution in [0.15, 0.2) is 34.8 Å². The van der Waals surface area contributed by atoms with Gasteiger partial charge in [-0.15, -0.1) is 0 Å². The van der Waals surface area contributed by atoms with Gasteiger partial charge in [0.15, 0.2) is 17.4 Å². The summed E-state index contributed by atoms with van der Waals surface area (Å²) in [5.41, 5.74) is 0.127. The van der Waals surface area contributed by atoms with Gasteiger partial charge in [0, 0.05) is 4.47 Å². The Morgan fingerprint density at radius 1 is 1.16 bits per heavy atom. The standard InChI is InChI=1S/C13H8BrClF2O2/c14-8-1-2-9(15)12(5-8)19-13-10(16)3-7(6-18)4-11(13)17/h1-5,18H,6H2. The number of halogens is 4. The van der Waals surface area contributed by atoms with Gasteiger partial charge >= 0.3 is 0 Å². The van der Waals surface area contributed by atoms with Crippen LogP contribution >= 0.6 is 27.5 Å². The summed E-state index contributed by atoms with van der Waals surface area (Å²) in [4.78, 5) is 0. The van der Waals surface area contributed by atoms with Crippen LogP contribution in [0.1, 0.15) is 5.56 Å². The third kappa shape index (κ3) is 3.23. The highest BCUT2D eigenvalue weighted by Gasteiger charge is 2.15. The highest BCUT2D eigenvalue weighted by molar-refractivity contribution is 9.10. The van der Waals surface area contributed by atoms with Crippen molar-refractivity contribution in [1.29, 1.82) is 0 Å². The number of hydrogen-bond acceptors (Lipinski definition) is 2. The van der Waals surface area contributed by atoms with Gasteiger partial charge in [0.05, 0.1) is 11.6 Å². The fraction of sp³-hybridized carbons (Fsp3) is 0.0769. The van der Waals surface area contributed by atoms with E-state index in [2.05, 4.69) is 15.9 Å². The van der Waals surface area contributed by atoms with Crippen molar-refractivity contribution in [3.05, 3.63) is 57.0 Å². The average Bonchev–Trinajstić information content (AvgIpc) is 2.37. The lowest BCUT2D eigenvalue weighted by Crippen LogP contribution is -1.96. The van der Waals surface area contributed by atoms with E-state index in [1.54, 1.807) is 12.1 Å². The van der Waals surface area contributed by atoms with Crippen LogP contribution in [0.4, 0.5) is 8.78 Å². The van der Waals surface area contributed by atoms with E-state index in [1.807, 2.05) is 0 Å². The highest BCUT2D eigenvalue weighted by Crippen LogP contribution is 2.34. The summed E-state index contributed by atoms with van der Waals surface area (Å²) in [6.07, 6.45) is 0. The summed E-state index contributed by atoms with van der Waals surface area (Å²) in [5, 5.41) is 9.08. The fourth-order valence-corrected chi connectivity index (χ4v) is 1.96. The Kier molecular flexibility index (Phi) is 4.39. The molecule has 2 rings (SSSR count). The van der Waals surface area contributed by atoms with Crippen molar-refractivity contribution in [2.75, 3.05) is 0 Å². The van der Waals surface area contributed by atoms with E-state index in [4.69, 9.17) is 21.4 Å². The number of hydrogen-bond donors (Lipinski definition) is 1. The van der Waals surface area contributed by atoms with Gasteiger partial charge in [-0.25, -0.2) is 8.78 Å². The van der Waals surface area contributed by atoms with Gasteiger partial charge in [0.25, 0.3) is 0 Å². The molecule has 1 N–H and O–H groups in total. The molecule has 0 aliphatic carbocycles. The number of aliphatic hydroxyl groups excluding tert-OH is 1. The Labute approximate surface area is 121 Å². The molecule has 2 aromatic carbocycles. The maximum Gasteiger partial charge on any atom is 0.198 e. The van der Waals surface area contributed by atoms with Crippen LogP contribution in [0.3, 0.4) is 0 Å². The van der Waals surface area contributed by atoms with Crippen molar-refractivity contribution in [3.63, 3.8) is 0 Å². The van der Waals surface area contributed by atoms with Gasteiger partial charge in [-0.3, -0.25) is 0 Å². The largest absolute Gasteiger partial charge is 0.450 e. The second kappa shape index (κ2) is 5.86. The molecule has 0 saturated carbocycles. The average molecular weight is 350 g/mol. The fourth-order valence-electron chi connectivity index (χ4n) is 1.47. The van der Waals surface area contributed by atoms with E-state index in [-0.39, 0.29) is 16.3 Å². The Balaban J connectivity index is 2.41. The van der Waals surface area contributed by atoms with Crippen molar-refractivity contribution in [3.8, 4) is 11.5 Å². The lowest BCUT2D eigenvalue weighted by atomic mass is 10.2. The lowest BCUT2D eigenvalue weighted by Gasteiger charge is -2.10. The van der Waals surface area contributed by atoms with Gasteiger partial charge in [-0.05, 0) is 35.9 Å². The molecule has 0 aliphatic rings. The summed E-state index contributed by atoms with van der Waals surface area (Å²) in [6.45, 7) is -0.453. The first-order chi connectivity index (χ1) is 9.01. The topological polar surface area (TPSA) is 29.5 Å². The number of aliphatic hydroxyl groups is 1. The molecule has 0 aliphatic heterocycles. The molecule has 0 amide bonds. The Morgan fingerprint density at radius 2 is 1.79 bits per heavy atom. The molecule has 0 fully saturated rings. The number of ether oxygens (including phenoxy) is 1. The third-order valence-corrected chi connectivity index (χ3v) is 3.15. The highest BCUT2D eigenvalue weighted by atomic mass is 79.9. The quantitative estimate of drug-likeness (QED) is 0.873. The monoisotopic (exact) mass is 348 g/mol. The molecule has 0 bridgehead atoms. The molecule has 0 atom stereocenters. The van der Waals surface area contributed by atoms with E-state index in [1.165, 1.54) is 6.07 Å². The van der Waals surface area contributed by atoms with Gasteiger partial charge < -0.3 is 9.84 Å². The molecule has 0 spiro atoms. The first kappa shape index (κ1) is 14.2. The smallest absolute Gasteiger partial charge is 0.198 e. The molecule has 0 saturated heterocycles. The molecule has 6 heteroatoms. The van der Waals surface area contributed by atoms with Crippen molar-refractivity contribution in [2.45, 2.75) is 6.61 Å². The summed E-state index contributed by atoms with van der Waals surface area (Å²) in [5.74, 6) is -2.23. The minimum atomic E-state index is -0.903. The predicted octanol–water partition coefficient (Wildman–Crippen LogP) is 4.67. The molecule has 0 heterocycles. The zero-order valence-corrected chi connectivity index (χ0v) is 11.8. The second-order valence-corrected chi connectivity index (χ2v) is 5.05. The minimum absolute atomic E-state index is 0.127. The Bertz CT molecular complexity index is 597. The second-order valence-electron chi connectivity index (χ2n) is 3.72. The van der Waals surface area contributed by atoms with Gasteiger partial charge in [-0.1, -0.05) is 27.5 Å². The van der Waals surface area contributed by atoms with Crippen molar-refractivity contribution < 1.29 is 18.6 Å². The van der Waals surface area contributed by atoms with Crippen LogP contribution < -0.4 is 4.74 Å². The van der Waals surface area contributed by atoms with Gasteiger partial charge in [0.1, 0.15) is 5.75 Å². The molecule has 0 aromatic heterocycles. The van der Waals surface area contributed by atoms with Gasteiger partial charge in [0.2, 0.25) is 0 Å². The van der Waals surface area contributed by atoms with Crippen LogP contribution in [-0.4, -0.2) is 5.11 Å². The Morgan fingerprint density at radius 3 is 2.37 bits per heavy atom. The third-order valence-electron chi connectivity index (χ3n) is 2.35. The summed E-state index contributed by atoms with van der Waals surface area (Å²) >= 11 is 9.09. The van der Waals surface area contributed by atoms with Crippen LogP contribution in [-0.2, 0) is 6.61 Å². The van der Waals surface area contributed by atoms with E-state index in [0.29, 0.717) is 4.47 Å². The van der Waals surface area contributed by atoms with Gasteiger partial charge in [-0.2, -0.15) is 0 Å². The lowest BCUT2D eigenvalue weighted by molar-refractivity contribution is 0.279. The molecule has 19 heavy (non-hydrogen) atoms. The molecular weight excluding hydrogens is 341 g/mol. The number of rotatable bonds is 3. The number of benzene rings is 2. The predicted molar refractivity (Wildman–Crippen MR) is 71.5 cm³/mol. The minimum Gasteiger partial charge on any atom is -0.450 e. The van der Waals surface area contributed by atoms with E-state index < -0.39 is 24.0 Å². The molecule has 2 aromatic rings. The summed E-state index contributed by atoms with van der Waals surface area (Å²) in [7, 11) is 0. The van der Waals surface area contributed by atoms with Crippen LogP contribution in [0, 0.1) is 11.6 Å². The SMILES string of the molecule is OCc1cc(F)c(Oc2cc(Br)ccc2Cl)c(F)c1. The van der Waals surface area contributed by atoms with E-state index in [0.717, 1.165) is 12.1 Å².